The third kappa shape index (κ3) is 6.11. The van der Waals surface area contributed by atoms with Gasteiger partial charge in [0, 0.05) is 42.4 Å². The molecule has 0 unspecified atom stereocenters. The molecular weight excluding hydrogens is 685 g/mol. The summed E-state index contributed by atoms with van der Waals surface area (Å²) in [6.07, 6.45) is 0. The number of aromatic nitrogens is 2. The number of fused-ring (bicyclic) bond motifs is 3. The lowest BCUT2D eigenvalue weighted by molar-refractivity contribution is 1.18. The summed E-state index contributed by atoms with van der Waals surface area (Å²) in [5.41, 5.74) is 14.0. The minimum Gasteiger partial charge on any atom is -0.228 e. The van der Waals surface area contributed by atoms with Crippen molar-refractivity contribution in [2.75, 3.05) is 0 Å². The molecule has 0 aliphatic carbocycles. The van der Waals surface area contributed by atoms with Gasteiger partial charge in [0.05, 0.1) is 11.4 Å². The molecule has 0 amide bonds. The fourth-order valence-corrected chi connectivity index (χ4v) is 8.85. The van der Waals surface area contributed by atoms with Gasteiger partial charge in [-0.15, -0.1) is 11.3 Å². The van der Waals surface area contributed by atoms with Crippen molar-refractivity contribution in [2.24, 2.45) is 0 Å². The minimum atomic E-state index is 0.690. The van der Waals surface area contributed by atoms with Gasteiger partial charge in [0.1, 0.15) is 0 Å². The lowest BCUT2D eigenvalue weighted by atomic mass is 9.79. The molecule has 0 aliphatic heterocycles. The molecule has 55 heavy (non-hydrogen) atoms. The summed E-state index contributed by atoms with van der Waals surface area (Å²) in [7, 11) is 0. The predicted molar refractivity (Wildman–Crippen MR) is 233 cm³/mol. The van der Waals surface area contributed by atoms with Gasteiger partial charge in [-0.25, -0.2) is 9.97 Å². The zero-order valence-corrected chi connectivity index (χ0v) is 30.7. The Morgan fingerprint density at radius 1 is 0.291 bits per heavy atom. The molecule has 2 heterocycles. The fourth-order valence-electron chi connectivity index (χ4n) is 7.76. The zero-order valence-electron chi connectivity index (χ0n) is 29.9. The first-order valence-electron chi connectivity index (χ1n) is 18.6. The molecule has 0 saturated carbocycles. The van der Waals surface area contributed by atoms with Crippen molar-refractivity contribution in [3.63, 3.8) is 0 Å². The molecule has 8 aromatic carbocycles. The van der Waals surface area contributed by atoms with E-state index in [-0.39, 0.29) is 0 Å². The number of benzene rings is 8. The van der Waals surface area contributed by atoms with Gasteiger partial charge in [0.2, 0.25) is 0 Å². The van der Waals surface area contributed by atoms with E-state index in [0.717, 1.165) is 61.5 Å². The summed E-state index contributed by atoms with van der Waals surface area (Å²) >= 11 is 1.85. The summed E-state index contributed by atoms with van der Waals surface area (Å²) in [4.78, 5) is 10.7. The van der Waals surface area contributed by atoms with E-state index in [0.29, 0.717) is 5.82 Å². The SMILES string of the molecule is c1ccc(-c2cc(-c3c(-c4ccccc4)cc(-c4ccccc4)c(-c4ccc5sc6ccccc6c5c4)c3-c3ccccc3)nc(-c3ccccc3)n2)cc1. The summed E-state index contributed by atoms with van der Waals surface area (Å²) in [6, 6.07) is 73.5. The van der Waals surface area contributed by atoms with Crippen molar-refractivity contribution in [1.82, 2.24) is 9.97 Å². The quantitative estimate of drug-likeness (QED) is 0.164. The Labute approximate surface area is 324 Å². The highest BCUT2D eigenvalue weighted by Gasteiger charge is 2.26. The van der Waals surface area contributed by atoms with Gasteiger partial charge in [-0.3, -0.25) is 0 Å². The molecule has 2 aromatic heterocycles. The summed E-state index contributed by atoms with van der Waals surface area (Å²) in [5.74, 6) is 0.690. The average molecular weight is 719 g/mol. The molecule has 0 spiro atoms. The number of thiophene rings is 1. The number of hydrogen-bond acceptors (Lipinski definition) is 3. The molecule has 0 atom stereocenters. The fraction of sp³-hybridized carbons (Fsp3) is 0. The lowest BCUT2D eigenvalue weighted by Gasteiger charge is -2.24. The molecule has 0 N–H and O–H groups in total. The van der Waals surface area contributed by atoms with Gasteiger partial charge < -0.3 is 0 Å². The summed E-state index contributed by atoms with van der Waals surface area (Å²) in [5, 5.41) is 2.55. The Hall–Kier alpha value is -6.94. The van der Waals surface area contributed by atoms with Crippen LogP contribution in [-0.4, -0.2) is 9.97 Å². The zero-order chi connectivity index (χ0) is 36.6. The van der Waals surface area contributed by atoms with E-state index in [1.54, 1.807) is 0 Å². The van der Waals surface area contributed by atoms with Crippen LogP contribution in [0.25, 0.3) is 98.6 Å². The standard InChI is InChI=1S/C52H34N2S/c1-6-18-35(19-7-1)42-33-43(36-20-8-2-9-21-36)51(46-34-45(37-22-10-3-11-23-37)53-52(54-46)39-26-14-5-15-27-39)50(38-24-12-4-13-25-38)49(42)40-30-31-48-44(32-40)41-28-16-17-29-47(41)55-48/h1-34H. The number of rotatable bonds is 7. The van der Waals surface area contributed by atoms with Crippen molar-refractivity contribution < 1.29 is 0 Å². The van der Waals surface area contributed by atoms with Crippen LogP contribution in [0.15, 0.2) is 206 Å². The molecule has 0 fully saturated rings. The second-order valence-electron chi connectivity index (χ2n) is 13.7. The highest BCUT2D eigenvalue weighted by molar-refractivity contribution is 7.25. The van der Waals surface area contributed by atoms with E-state index in [1.807, 2.05) is 23.5 Å². The van der Waals surface area contributed by atoms with Crippen LogP contribution in [-0.2, 0) is 0 Å². The summed E-state index contributed by atoms with van der Waals surface area (Å²) in [6.45, 7) is 0. The van der Waals surface area contributed by atoms with E-state index >= 15 is 0 Å². The molecule has 258 valence electrons. The van der Waals surface area contributed by atoms with Gasteiger partial charge >= 0.3 is 0 Å². The Morgan fingerprint density at radius 3 is 1.42 bits per heavy atom. The molecule has 0 saturated heterocycles. The Kier molecular flexibility index (Phi) is 8.40. The van der Waals surface area contributed by atoms with Crippen molar-refractivity contribution in [1.29, 1.82) is 0 Å². The van der Waals surface area contributed by atoms with E-state index in [4.69, 9.17) is 9.97 Å². The number of nitrogens with zero attached hydrogens (tertiary/aromatic N) is 2. The van der Waals surface area contributed by atoms with Crippen LogP contribution in [0.4, 0.5) is 0 Å². The molecule has 10 aromatic rings. The van der Waals surface area contributed by atoms with Gasteiger partial charge in [0.25, 0.3) is 0 Å². The predicted octanol–water partition coefficient (Wildman–Crippen LogP) is 14.5. The normalized spacial score (nSPS) is 11.3. The van der Waals surface area contributed by atoms with Crippen LogP contribution in [0, 0.1) is 0 Å². The third-order valence-electron chi connectivity index (χ3n) is 10.3. The molecule has 2 nitrogen and oxygen atoms in total. The monoisotopic (exact) mass is 718 g/mol. The maximum Gasteiger partial charge on any atom is 0.160 e. The lowest BCUT2D eigenvalue weighted by Crippen LogP contribution is -2.01. The van der Waals surface area contributed by atoms with Crippen LogP contribution in [0.1, 0.15) is 0 Å². The molecule has 0 bridgehead atoms. The van der Waals surface area contributed by atoms with Crippen LogP contribution in [0.5, 0.6) is 0 Å². The molecular formula is C52H34N2S. The Morgan fingerprint density at radius 2 is 0.782 bits per heavy atom. The highest BCUT2D eigenvalue weighted by atomic mass is 32.1. The largest absolute Gasteiger partial charge is 0.228 e. The second-order valence-corrected chi connectivity index (χ2v) is 14.8. The molecule has 0 radical (unpaired) electrons. The van der Waals surface area contributed by atoms with Gasteiger partial charge in [0.15, 0.2) is 5.82 Å². The number of hydrogen-bond donors (Lipinski definition) is 0. The van der Waals surface area contributed by atoms with Gasteiger partial charge in [-0.05, 0) is 69.3 Å². The van der Waals surface area contributed by atoms with E-state index in [2.05, 4.69) is 194 Å². The topological polar surface area (TPSA) is 25.8 Å². The average Bonchev–Trinajstić information content (AvgIpc) is 3.65. The smallest absolute Gasteiger partial charge is 0.160 e. The van der Waals surface area contributed by atoms with Gasteiger partial charge in [-0.2, -0.15) is 0 Å². The van der Waals surface area contributed by atoms with E-state index < -0.39 is 0 Å². The summed E-state index contributed by atoms with van der Waals surface area (Å²) < 4.78 is 2.58. The maximum absolute atomic E-state index is 5.48. The molecule has 0 aliphatic rings. The maximum atomic E-state index is 5.48. The van der Waals surface area contributed by atoms with E-state index in [9.17, 15) is 0 Å². The molecule has 3 heteroatoms. The van der Waals surface area contributed by atoms with Crippen molar-refractivity contribution in [3.05, 3.63) is 206 Å². The molecule has 10 rings (SSSR count). The van der Waals surface area contributed by atoms with Crippen LogP contribution in [0.3, 0.4) is 0 Å². The third-order valence-corrected chi connectivity index (χ3v) is 11.5. The Balaban J connectivity index is 1.39. The minimum absolute atomic E-state index is 0.690. The first-order chi connectivity index (χ1) is 27.3. The van der Waals surface area contributed by atoms with Crippen LogP contribution >= 0.6 is 11.3 Å². The van der Waals surface area contributed by atoms with Crippen molar-refractivity contribution in [2.45, 2.75) is 0 Å². The Bertz CT molecular complexity index is 2880. The van der Waals surface area contributed by atoms with Crippen molar-refractivity contribution in [3.8, 4) is 78.4 Å². The van der Waals surface area contributed by atoms with Crippen molar-refractivity contribution >= 4 is 31.5 Å². The van der Waals surface area contributed by atoms with Crippen LogP contribution < -0.4 is 0 Å². The first kappa shape index (κ1) is 32.7. The van der Waals surface area contributed by atoms with E-state index in [1.165, 1.54) is 31.3 Å². The second kappa shape index (κ2) is 14.1. The first-order valence-corrected chi connectivity index (χ1v) is 19.4. The van der Waals surface area contributed by atoms with Crippen LogP contribution in [0.2, 0.25) is 0 Å². The highest BCUT2D eigenvalue weighted by Crippen LogP contribution is 2.51. The van der Waals surface area contributed by atoms with Gasteiger partial charge in [-0.1, -0.05) is 176 Å².